The highest BCUT2D eigenvalue weighted by Crippen LogP contribution is 2.34. The highest BCUT2D eigenvalue weighted by atomic mass is 35.5. The van der Waals surface area contributed by atoms with E-state index in [0.717, 1.165) is 12.1 Å². The van der Waals surface area contributed by atoms with Crippen LogP contribution in [-0.2, 0) is 13.2 Å². The second-order valence-electron chi connectivity index (χ2n) is 4.94. The van der Waals surface area contributed by atoms with E-state index in [9.17, 15) is 13.2 Å². The number of pyridine rings is 1. The van der Waals surface area contributed by atoms with Crippen LogP contribution in [0.25, 0.3) is 22.8 Å². The average molecular weight is 373 g/mol. The molecule has 4 nitrogen and oxygen atoms in total. The van der Waals surface area contributed by atoms with Crippen LogP contribution in [0.3, 0.4) is 0 Å². The van der Waals surface area contributed by atoms with E-state index in [0.29, 0.717) is 5.56 Å². The molecular formula is C15H9Cl2F3N4. The Balaban J connectivity index is 2.11. The molecule has 0 saturated heterocycles. The fourth-order valence-corrected chi connectivity index (χ4v) is 2.73. The van der Waals surface area contributed by atoms with Gasteiger partial charge in [0.15, 0.2) is 11.6 Å². The van der Waals surface area contributed by atoms with Crippen LogP contribution in [0.1, 0.15) is 5.56 Å². The first kappa shape index (κ1) is 16.7. The van der Waals surface area contributed by atoms with Crippen molar-refractivity contribution in [3.05, 3.63) is 52.3 Å². The maximum absolute atomic E-state index is 12.9. The molecule has 3 rings (SSSR count). The van der Waals surface area contributed by atoms with Crippen molar-refractivity contribution in [1.82, 2.24) is 19.7 Å². The molecule has 0 aliphatic carbocycles. The number of hydrogen-bond donors (Lipinski definition) is 0. The van der Waals surface area contributed by atoms with Gasteiger partial charge >= 0.3 is 6.18 Å². The van der Waals surface area contributed by atoms with Crippen LogP contribution >= 0.6 is 23.2 Å². The molecule has 124 valence electrons. The fourth-order valence-electron chi connectivity index (χ4n) is 2.20. The van der Waals surface area contributed by atoms with Crippen molar-refractivity contribution in [1.29, 1.82) is 0 Å². The molecule has 2 aromatic heterocycles. The minimum Gasteiger partial charge on any atom is -0.262 e. The van der Waals surface area contributed by atoms with E-state index in [-0.39, 0.29) is 27.3 Å². The van der Waals surface area contributed by atoms with E-state index in [1.54, 1.807) is 7.05 Å². The molecule has 0 radical (unpaired) electrons. The van der Waals surface area contributed by atoms with Crippen LogP contribution in [0.5, 0.6) is 0 Å². The number of nitrogens with zero attached hydrogens (tertiary/aromatic N) is 4. The largest absolute Gasteiger partial charge is 0.416 e. The summed E-state index contributed by atoms with van der Waals surface area (Å²) in [5.41, 5.74) is -0.0981. The summed E-state index contributed by atoms with van der Waals surface area (Å²) in [6.45, 7) is 0. The first-order chi connectivity index (χ1) is 11.3. The van der Waals surface area contributed by atoms with Gasteiger partial charge in [-0.15, -0.1) is 0 Å². The predicted molar refractivity (Wildman–Crippen MR) is 84.7 cm³/mol. The minimum absolute atomic E-state index is 0.210. The summed E-state index contributed by atoms with van der Waals surface area (Å²) in [5.74, 6) is 0.474. The molecule has 9 heteroatoms. The Morgan fingerprint density at radius 3 is 2.38 bits per heavy atom. The number of halogens is 5. The Kier molecular flexibility index (Phi) is 4.23. The standard InChI is InChI=1S/C15H9Cl2F3N4/c1-24-14(8-3-2-4-9(5-8)15(18,19)20)22-13(23-24)12-10(16)6-21-7-11(12)17/h2-7H,1H3. The van der Waals surface area contributed by atoms with Crippen LogP contribution in [0.2, 0.25) is 10.0 Å². The van der Waals surface area contributed by atoms with Crippen LogP contribution in [0, 0.1) is 0 Å². The van der Waals surface area contributed by atoms with Gasteiger partial charge in [-0.1, -0.05) is 35.3 Å². The summed E-state index contributed by atoms with van der Waals surface area (Å²) in [5, 5.41) is 4.71. The molecular weight excluding hydrogens is 364 g/mol. The zero-order chi connectivity index (χ0) is 17.5. The third kappa shape index (κ3) is 3.09. The average Bonchev–Trinajstić information content (AvgIpc) is 2.88. The Morgan fingerprint density at radius 1 is 1.08 bits per heavy atom. The number of benzene rings is 1. The van der Waals surface area contributed by atoms with Gasteiger partial charge in [-0.2, -0.15) is 18.3 Å². The van der Waals surface area contributed by atoms with Crippen molar-refractivity contribution in [3.8, 4) is 22.8 Å². The van der Waals surface area contributed by atoms with Gasteiger partial charge in [0, 0.05) is 25.0 Å². The fraction of sp³-hybridized carbons (Fsp3) is 0.133. The molecule has 0 amide bonds. The lowest BCUT2D eigenvalue weighted by Crippen LogP contribution is -2.05. The van der Waals surface area contributed by atoms with Gasteiger partial charge in [0.1, 0.15) is 0 Å². The maximum Gasteiger partial charge on any atom is 0.416 e. The Hall–Kier alpha value is -2.12. The van der Waals surface area contributed by atoms with Gasteiger partial charge in [-0.25, -0.2) is 9.67 Å². The number of aryl methyl sites for hydroxylation is 1. The monoisotopic (exact) mass is 372 g/mol. The van der Waals surface area contributed by atoms with E-state index in [1.807, 2.05) is 0 Å². The molecule has 0 fully saturated rings. The highest BCUT2D eigenvalue weighted by molar-refractivity contribution is 6.38. The van der Waals surface area contributed by atoms with Gasteiger partial charge in [-0.3, -0.25) is 4.98 Å². The molecule has 0 unspecified atom stereocenters. The van der Waals surface area contributed by atoms with Crippen molar-refractivity contribution >= 4 is 23.2 Å². The lowest BCUT2D eigenvalue weighted by atomic mass is 10.1. The van der Waals surface area contributed by atoms with Crippen molar-refractivity contribution in [2.24, 2.45) is 7.05 Å². The summed E-state index contributed by atoms with van der Waals surface area (Å²) >= 11 is 12.1. The summed E-state index contributed by atoms with van der Waals surface area (Å²) in [6, 6.07) is 4.86. The molecule has 24 heavy (non-hydrogen) atoms. The molecule has 0 spiro atoms. The van der Waals surface area contributed by atoms with Crippen molar-refractivity contribution < 1.29 is 13.2 Å². The van der Waals surface area contributed by atoms with Crippen LogP contribution in [0.15, 0.2) is 36.7 Å². The molecule has 0 saturated carbocycles. The number of aromatic nitrogens is 4. The molecule has 0 bridgehead atoms. The van der Waals surface area contributed by atoms with E-state index in [4.69, 9.17) is 23.2 Å². The Morgan fingerprint density at radius 2 is 1.75 bits per heavy atom. The molecule has 1 aromatic carbocycles. The SMILES string of the molecule is Cn1nc(-c2c(Cl)cncc2Cl)nc1-c1cccc(C(F)(F)F)c1. The predicted octanol–water partition coefficient (Wildman–Crippen LogP) is 4.87. The zero-order valence-electron chi connectivity index (χ0n) is 12.1. The van der Waals surface area contributed by atoms with Gasteiger partial charge in [0.25, 0.3) is 0 Å². The Bertz CT molecular complexity index is 886. The summed E-state index contributed by atoms with van der Waals surface area (Å²) in [7, 11) is 1.58. The van der Waals surface area contributed by atoms with E-state index < -0.39 is 11.7 Å². The molecule has 0 aliphatic rings. The third-order valence-corrected chi connectivity index (χ3v) is 3.86. The molecule has 3 aromatic rings. The van der Waals surface area contributed by atoms with Crippen LogP contribution in [0.4, 0.5) is 13.2 Å². The zero-order valence-corrected chi connectivity index (χ0v) is 13.7. The number of rotatable bonds is 2. The van der Waals surface area contributed by atoms with E-state index in [2.05, 4.69) is 15.1 Å². The van der Waals surface area contributed by atoms with Gasteiger partial charge in [0.05, 0.1) is 21.2 Å². The van der Waals surface area contributed by atoms with Gasteiger partial charge in [0.2, 0.25) is 0 Å². The number of hydrogen-bond acceptors (Lipinski definition) is 3. The summed E-state index contributed by atoms with van der Waals surface area (Å²) < 4.78 is 40.0. The van der Waals surface area contributed by atoms with Crippen LogP contribution < -0.4 is 0 Å². The summed E-state index contributed by atoms with van der Waals surface area (Å²) in [4.78, 5) is 8.13. The van der Waals surface area contributed by atoms with E-state index in [1.165, 1.54) is 29.2 Å². The van der Waals surface area contributed by atoms with E-state index >= 15 is 0 Å². The lowest BCUT2D eigenvalue weighted by molar-refractivity contribution is -0.137. The minimum atomic E-state index is -4.44. The van der Waals surface area contributed by atoms with Crippen molar-refractivity contribution in [3.63, 3.8) is 0 Å². The van der Waals surface area contributed by atoms with Crippen molar-refractivity contribution in [2.75, 3.05) is 0 Å². The number of alkyl halides is 3. The maximum atomic E-state index is 12.9. The first-order valence-corrected chi connectivity index (χ1v) is 7.41. The van der Waals surface area contributed by atoms with Gasteiger partial charge < -0.3 is 0 Å². The lowest BCUT2D eigenvalue weighted by Gasteiger charge is -2.08. The summed E-state index contributed by atoms with van der Waals surface area (Å²) in [6.07, 6.45) is -1.65. The highest BCUT2D eigenvalue weighted by Gasteiger charge is 2.31. The second kappa shape index (κ2) is 6.07. The van der Waals surface area contributed by atoms with Gasteiger partial charge in [-0.05, 0) is 12.1 Å². The van der Waals surface area contributed by atoms with Crippen molar-refractivity contribution in [2.45, 2.75) is 6.18 Å². The topological polar surface area (TPSA) is 43.6 Å². The molecule has 0 N–H and O–H groups in total. The third-order valence-electron chi connectivity index (χ3n) is 3.29. The van der Waals surface area contributed by atoms with Crippen LogP contribution in [-0.4, -0.2) is 19.7 Å². The molecule has 2 heterocycles. The normalized spacial score (nSPS) is 11.8. The molecule has 0 aliphatic heterocycles. The smallest absolute Gasteiger partial charge is 0.262 e. The Labute approximate surface area is 144 Å². The molecule has 0 atom stereocenters. The first-order valence-electron chi connectivity index (χ1n) is 6.65. The second-order valence-corrected chi connectivity index (χ2v) is 5.75. The quantitative estimate of drug-likeness (QED) is 0.644.